The standard InChI is InChI=1S/C13H19N3O/c1-10-15-11-5-3-4-6-12(11)16(10)8-7-13(2,17)9-14/h3-6,17H,7-9,14H2,1-2H3. The van der Waals surface area contributed by atoms with Crippen LogP contribution in [0.5, 0.6) is 0 Å². The summed E-state index contributed by atoms with van der Waals surface area (Å²) < 4.78 is 2.12. The Morgan fingerprint density at radius 3 is 2.82 bits per heavy atom. The van der Waals surface area contributed by atoms with E-state index in [-0.39, 0.29) is 6.54 Å². The summed E-state index contributed by atoms with van der Waals surface area (Å²) in [6.45, 7) is 4.76. The number of hydrogen-bond acceptors (Lipinski definition) is 3. The molecule has 0 bridgehead atoms. The number of nitrogens with zero attached hydrogens (tertiary/aromatic N) is 2. The van der Waals surface area contributed by atoms with Crippen molar-refractivity contribution in [1.82, 2.24) is 9.55 Å². The van der Waals surface area contributed by atoms with E-state index in [1.54, 1.807) is 6.92 Å². The Kier molecular flexibility index (Phi) is 3.17. The quantitative estimate of drug-likeness (QED) is 0.840. The van der Waals surface area contributed by atoms with Gasteiger partial charge in [-0.25, -0.2) is 4.98 Å². The van der Waals surface area contributed by atoms with Crippen LogP contribution in [-0.4, -0.2) is 26.8 Å². The molecular weight excluding hydrogens is 214 g/mol. The first kappa shape index (κ1) is 12.1. The molecule has 0 amide bonds. The van der Waals surface area contributed by atoms with E-state index in [0.29, 0.717) is 6.42 Å². The average Bonchev–Trinajstić information content (AvgIpc) is 2.62. The zero-order valence-corrected chi connectivity index (χ0v) is 10.3. The van der Waals surface area contributed by atoms with Crippen LogP contribution in [0, 0.1) is 6.92 Å². The Labute approximate surface area is 101 Å². The number of benzene rings is 1. The summed E-state index contributed by atoms with van der Waals surface area (Å²) in [7, 11) is 0. The predicted octanol–water partition coefficient (Wildman–Crippen LogP) is 1.44. The van der Waals surface area contributed by atoms with Crippen LogP contribution in [0.2, 0.25) is 0 Å². The first-order valence-corrected chi connectivity index (χ1v) is 5.88. The summed E-state index contributed by atoms with van der Waals surface area (Å²) in [5, 5.41) is 9.93. The van der Waals surface area contributed by atoms with Gasteiger partial charge < -0.3 is 15.4 Å². The zero-order chi connectivity index (χ0) is 12.5. The molecule has 2 aromatic rings. The number of para-hydroxylation sites is 2. The molecule has 1 atom stereocenters. The number of aromatic nitrogens is 2. The van der Waals surface area contributed by atoms with Gasteiger partial charge in [0.15, 0.2) is 0 Å². The summed E-state index contributed by atoms with van der Waals surface area (Å²) in [6, 6.07) is 8.03. The Bertz CT molecular complexity index is 516. The van der Waals surface area contributed by atoms with Gasteiger partial charge in [-0.05, 0) is 32.4 Å². The number of hydrogen-bond donors (Lipinski definition) is 2. The van der Waals surface area contributed by atoms with Crippen molar-refractivity contribution >= 4 is 11.0 Å². The molecule has 1 unspecified atom stereocenters. The molecule has 3 N–H and O–H groups in total. The molecule has 0 radical (unpaired) electrons. The van der Waals surface area contributed by atoms with E-state index in [0.717, 1.165) is 23.4 Å². The molecule has 0 aliphatic carbocycles. The van der Waals surface area contributed by atoms with Crippen LogP contribution in [0.1, 0.15) is 19.2 Å². The Morgan fingerprint density at radius 1 is 1.41 bits per heavy atom. The van der Waals surface area contributed by atoms with Crippen molar-refractivity contribution in [3.05, 3.63) is 30.1 Å². The second-order valence-electron chi connectivity index (χ2n) is 4.75. The maximum absolute atomic E-state index is 9.93. The van der Waals surface area contributed by atoms with E-state index in [1.807, 2.05) is 31.2 Å². The fourth-order valence-corrected chi connectivity index (χ4v) is 1.93. The fourth-order valence-electron chi connectivity index (χ4n) is 1.93. The van der Waals surface area contributed by atoms with Gasteiger partial charge >= 0.3 is 0 Å². The molecule has 4 heteroatoms. The molecule has 0 saturated heterocycles. The van der Waals surface area contributed by atoms with Crippen molar-refractivity contribution in [3.63, 3.8) is 0 Å². The number of imidazole rings is 1. The number of rotatable bonds is 4. The van der Waals surface area contributed by atoms with Gasteiger partial charge in [-0.15, -0.1) is 0 Å². The van der Waals surface area contributed by atoms with E-state index in [1.165, 1.54) is 0 Å². The summed E-state index contributed by atoms with van der Waals surface area (Å²) in [6.07, 6.45) is 0.630. The number of nitrogens with two attached hydrogens (primary N) is 1. The van der Waals surface area contributed by atoms with Crippen molar-refractivity contribution in [3.8, 4) is 0 Å². The van der Waals surface area contributed by atoms with Crippen LogP contribution < -0.4 is 5.73 Å². The lowest BCUT2D eigenvalue weighted by molar-refractivity contribution is 0.0555. The third-order valence-electron chi connectivity index (χ3n) is 3.16. The largest absolute Gasteiger partial charge is 0.389 e. The summed E-state index contributed by atoms with van der Waals surface area (Å²) in [5.41, 5.74) is 6.82. The van der Waals surface area contributed by atoms with Gasteiger partial charge in [0.2, 0.25) is 0 Å². The van der Waals surface area contributed by atoms with Crippen LogP contribution in [0.3, 0.4) is 0 Å². The van der Waals surface area contributed by atoms with Crippen molar-refractivity contribution in [2.24, 2.45) is 5.73 Å². The molecule has 1 aromatic carbocycles. The van der Waals surface area contributed by atoms with Gasteiger partial charge in [0.25, 0.3) is 0 Å². The van der Waals surface area contributed by atoms with Crippen molar-refractivity contribution in [2.75, 3.05) is 6.54 Å². The molecule has 92 valence electrons. The summed E-state index contributed by atoms with van der Waals surface area (Å²) >= 11 is 0. The minimum Gasteiger partial charge on any atom is -0.389 e. The normalized spacial score (nSPS) is 15.1. The molecule has 1 aromatic heterocycles. The lowest BCUT2D eigenvalue weighted by atomic mass is 10.0. The fraction of sp³-hybridized carbons (Fsp3) is 0.462. The van der Waals surface area contributed by atoms with Gasteiger partial charge in [0.1, 0.15) is 5.82 Å². The van der Waals surface area contributed by atoms with E-state index in [2.05, 4.69) is 9.55 Å². The highest BCUT2D eigenvalue weighted by Crippen LogP contribution is 2.18. The van der Waals surface area contributed by atoms with E-state index >= 15 is 0 Å². The molecule has 17 heavy (non-hydrogen) atoms. The molecule has 1 heterocycles. The van der Waals surface area contributed by atoms with Crippen molar-refractivity contribution in [1.29, 1.82) is 0 Å². The minimum atomic E-state index is -0.808. The van der Waals surface area contributed by atoms with E-state index in [4.69, 9.17) is 5.73 Å². The SMILES string of the molecule is Cc1nc2ccccc2n1CCC(C)(O)CN. The number of fused-ring (bicyclic) bond motifs is 1. The minimum absolute atomic E-state index is 0.276. The topological polar surface area (TPSA) is 64.1 Å². The van der Waals surface area contributed by atoms with Crippen LogP contribution in [0.25, 0.3) is 11.0 Å². The second-order valence-corrected chi connectivity index (χ2v) is 4.75. The van der Waals surface area contributed by atoms with E-state index < -0.39 is 5.60 Å². The maximum Gasteiger partial charge on any atom is 0.106 e. The van der Waals surface area contributed by atoms with Gasteiger partial charge in [-0.1, -0.05) is 12.1 Å². The van der Waals surface area contributed by atoms with Crippen molar-refractivity contribution < 1.29 is 5.11 Å². The molecule has 0 saturated carbocycles. The summed E-state index contributed by atoms with van der Waals surface area (Å²) in [4.78, 5) is 4.49. The molecule has 2 rings (SSSR count). The zero-order valence-electron chi connectivity index (χ0n) is 10.3. The molecule has 0 fully saturated rings. The van der Waals surface area contributed by atoms with E-state index in [9.17, 15) is 5.11 Å². The van der Waals surface area contributed by atoms with Crippen LogP contribution in [0.4, 0.5) is 0 Å². The number of aliphatic hydroxyl groups is 1. The Morgan fingerprint density at radius 2 is 2.12 bits per heavy atom. The average molecular weight is 233 g/mol. The highest BCUT2D eigenvalue weighted by molar-refractivity contribution is 5.75. The molecule has 0 aliphatic rings. The second kappa shape index (κ2) is 4.47. The van der Waals surface area contributed by atoms with Gasteiger partial charge in [0.05, 0.1) is 16.6 Å². The van der Waals surface area contributed by atoms with Gasteiger partial charge in [-0.3, -0.25) is 0 Å². The smallest absolute Gasteiger partial charge is 0.106 e. The lowest BCUT2D eigenvalue weighted by Crippen LogP contribution is -2.35. The first-order valence-electron chi connectivity index (χ1n) is 5.88. The summed E-state index contributed by atoms with van der Waals surface area (Å²) in [5.74, 6) is 0.971. The maximum atomic E-state index is 9.93. The van der Waals surface area contributed by atoms with Crippen LogP contribution in [0.15, 0.2) is 24.3 Å². The molecule has 4 nitrogen and oxygen atoms in total. The van der Waals surface area contributed by atoms with Crippen molar-refractivity contribution in [2.45, 2.75) is 32.4 Å². The number of aryl methyl sites for hydroxylation is 2. The Balaban J connectivity index is 2.27. The molecule has 0 aliphatic heterocycles. The third kappa shape index (κ3) is 2.48. The lowest BCUT2D eigenvalue weighted by Gasteiger charge is -2.21. The highest BCUT2D eigenvalue weighted by atomic mass is 16.3. The third-order valence-corrected chi connectivity index (χ3v) is 3.16. The van der Waals surface area contributed by atoms with Crippen LogP contribution in [-0.2, 0) is 6.54 Å². The Hall–Kier alpha value is -1.39. The highest BCUT2D eigenvalue weighted by Gasteiger charge is 2.18. The predicted molar refractivity (Wildman–Crippen MR) is 68.8 cm³/mol. The molecule has 0 spiro atoms. The van der Waals surface area contributed by atoms with Crippen LogP contribution >= 0.6 is 0 Å². The van der Waals surface area contributed by atoms with Gasteiger partial charge in [0, 0.05) is 13.1 Å². The van der Waals surface area contributed by atoms with Gasteiger partial charge in [-0.2, -0.15) is 0 Å². The first-order chi connectivity index (χ1) is 8.03. The monoisotopic (exact) mass is 233 g/mol. The molecular formula is C13H19N3O.